The number of aromatic nitrogens is 5. The van der Waals surface area contributed by atoms with E-state index < -0.39 is 0 Å². The van der Waals surface area contributed by atoms with Gasteiger partial charge in [-0.05, 0) is 44.4 Å². The van der Waals surface area contributed by atoms with Gasteiger partial charge in [-0.15, -0.1) is 10.2 Å². The quantitative estimate of drug-likeness (QED) is 0.738. The number of nitrogens with one attached hydrogen (secondary N) is 1. The first-order valence-electron chi connectivity index (χ1n) is 8.33. The molecule has 1 aromatic carbocycles. The highest BCUT2D eigenvalue weighted by molar-refractivity contribution is 6.35. The average Bonchev–Trinajstić information content (AvgIpc) is 3.31. The molecule has 0 saturated carbocycles. The molecule has 0 spiro atoms. The molecule has 2 aromatic heterocycles. The number of carbonyl (C=O) groups excluding carboxylic acids is 1. The number of anilines is 1. The summed E-state index contributed by atoms with van der Waals surface area (Å²) in [6.07, 6.45) is 4.21. The number of amides is 1. The Balaban J connectivity index is 1.73. The molecular formula is C17H16Cl2N6O. The van der Waals surface area contributed by atoms with Gasteiger partial charge in [0.15, 0.2) is 5.69 Å². The van der Waals surface area contributed by atoms with Crippen molar-refractivity contribution in [1.82, 2.24) is 24.5 Å². The highest BCUT2D eigenvalue weighted by atomic mass is 35.5. The summed E-state index contributed by atoms with van der Waals surface area (Å²) in [4.78, 5) is 12.8. The Morgan fingerprint density at radius 3 is 2.92 bits per heavy atom. The molecule has 134 valence electrons. The van der Waals surface area contributed by atoms with Crippen molar-refractivity contribution in [3.63, 3.8) is 0 Å². The topological polar surface area (TPSA) is 77.6 Å². The Kier molecular flexibility index (Phi) is 4.42. The molecule has 0 aliphatic heterocycles. The lowest BCUT2D eigenvalue weighted by Crippen LogP contribution is -2.18. The number of fused-ring (bicyclic) bond motifs is 1. The molecule has 4 rings (SSSR count). The van der Waals surface area contributed by atoms with Crippen LogP contribution in [0.25, 0.3) is 5.69 Å². The van der Waals surface area contributed by atoms with Gasteiger partial charge in [-0.1, -0.05) is 23.2 Å². The number of hydrogen-bond donors (Lipinski definition) is 1. The predicted molar refractivity (Wildman–Crippen MR) is 99.3 cm³/mol. The maximum atomic E-state index is 12.8. The fourth-order valence-corrected chi connectivity index (χ4v) is 3.70. The molecule has 1 N–H and O–H groups in total. The smallest absolute Gasteiger partial charge is 0.278 e. The van der Waals surface area contributed by atoms with Gasteiger partial charge in [-0.3, -0.25) is 14.7 Å². The number of hydrogen-bond acceptors (Lipinski definition) is 4. The van der Waals surface area contributed by atoms with E-state index in [9.17, 15) is 4.79 Å². The molecule has 0 radical (unpaired) electrons. The van der Waals surface area contributed by atoms with E-state index in [4.69, 9.17) is 23.2 Å². The highest BCUT2D eigenvalue weighted by Crippen LogP contribution is 2.31. The normalized spacial score (nSPS) is 13.0. The maximum Gasteiger partial charge on any atom is 0.278 e. The Hall–Kier alpha value is -2.38. The summed E-state index contributed by atoms with van der Waals surface area (Å²) in [5.74, 6) is 0.109. The summed E-state index contributed by atoms with van der Waals surface area (Å²) < 4.78 is 3.51. The van der Waals surface area contributed by atoms with Gasteiger partial charge in [-0.25, -0.2) is 4.68 Å². The van der Waals surface area contributed by atoms with Crippen molar-refractivity contribution in [2.45, 2.75) is 32.7 Å². The minimum absolute atomic E-state index is 0.297. The van der Waals surface area contributed by atoms with Gasteiger partial charge < -0.3 is 0 Å². The van der Waals surface area contributed by atoms with E-state index in [1.165, 1.54) is 0 Å². The first-order chi connectivity index (χ1) is 12.6. The molecule has 1 amide bonds. The molecule has 1 aliphatic rings. The Morgan fingerprint density at radius 1 is 1.31 bits per heavy atom. The first kappa shape index (κ1) is 17.1. The van der Waals surface area contributed by atoms with E-state index >= 15 is 0 Å². The third kappa shape index (κ3) is 2.87. The van der Waals surface area contributed by atoms with Crippen molar-refractivity contribution in [2.24, 2.45) is 0 Å². The molecule has 0 bridgehead atoms. The van der Waals surface area contributed by atoms with Crippen molar-refractivity contribution in [2.75, 3.05) is 5.32 Å². The van der Waals surface area contributed by atoms with Gasteiger partial charge in [0.1, 0.15) is 6.33 Å². The van der Waals surface area contributed by atoms with Gasteiger partial charge in [0.2, 0.25) is 5.95 Å². The van der Waals surface area contributed by atoms with Gasteiger partial charge in [-0.2, -0.15) is 5.10 Å². The van der Waals surface area contributed by atoms with Crippen molar-refractivity contribution >= 4 is 35.1 Å². The van der Waals surface area contributed by atoms with Crippen molar-refractivity contribution in [3.05, 3.63) is 51.5 Å². The Bertz CT molecular complexity index is 993. The fourth-order valence-electron chi connectivity index (χ4n) is 3.22. The number of halogens is 2. The van der Waals surface area contributed by atoms with E-state index in [2.05, 4.69) is 20.6 Å². The molecule has 9 heteroatoms. The molecule has 0 atom stereocenters. The van der Waals surface area contributed by atoms with Crippen LogP contribution < -0.4 is 5.32 Å². The van der Waals surface area contributed by atoms with E-state index in [0.29, 0.717) is 33.9 Å². The summed E-state index contributed by atoms with van der Waals surface area (Å²) in [6, 6.07) is 5.24. The van der Waals surface area contributed by atoms with Crippen molar-refractivity contribution in [3.8, 4) is 5.69 Å². The lowest BCUT2D eigenvalue weighted by molar-refractivity contribution is 0.101. The second-order valence-electron chi connectivity index (χ2n) is 6.03. The monoisotopic (exact) mass is 390 g/mol. The predicted octanol–water partition coefficient (Wildman–Crippen LogP) is 3.53. The van der Waals surface area contributed by atoms with Crippen molar-refractivity contribution < 1.29 is 4.79 Å². The lowest BCUT2D eigenvalue weighted by atomic mass is 10.2. The highest BCUT2D eigenvalue weighted by Gasteiger charge is 2.28. The van der Waals surface area contributed by atoms with Crippen LogP contribution in [-0.4, -0.2) is 30.5 Å². The Labute approximate surface area is 159 Å². The summed E-state index contributed by atoms with van der Waals surface area (Å²) in [5.41, 5.74) is 3.08. The molecule has 2 heterocycles. The third-order valence-corrected chi connectivity index (χ3v) is 5.00. The van der Waals surface area contributed by atoms with Gasteiger partial charge >= 0.3 is 0 Å². The van der Waals surface area contributed by atoms with Crippen LogP contribution in [0.15, 0.2) is 24.5 Å². The van der Waals surface area contributed by atoms with Gasteiger partial charge in [0.25, 0.3) is 5.91 Å². The molecule has 1 aliphatic carbocycles. The second kappa shape index (κ2) is 6.74. The molecule has 0 fully saturated rings. The third-order valence-electron chi connectivity index (χ3n) is 4.46. The van der Waals surface area contributed by atoms with Crippen LogP contribution in [0.4, 0.5) is 5.95 Å². The van der Waals surface area contributed by atoms with Crippen LogP contribution >= 0.6 is 23.2 Å². The minimum atomic E-state index is -0.297. The van der Waals surface area contributed by atoms with Crippen LogP contribution in [0, 0.1) is 0 Å². The van der Waals surface area contributed by atoms with Gasteiger partial charge in [0.05, 0.1) is 10.7 Å². The maximum absolute atomic E-state index is 12.8. The van der Waals surface area contributed by atoms with Crippen LogP contribution in [0.3, 0.4) is 0 Å². The van der Waals surface area contributed by atoms with E-state index in [1.807, 2.05) is 13.0 Å². The summed E-state index contributed by atoms with van der Waals surface area (Å²) in [7, 11) is 0. The van der Waals surface area contributed by atoms with E-state index in [-0.39, 0.29) is 5.91 Å². The summed E-state index contributed by atoms with van der Waals surface area (Å²) in [6.45, 7) is 2.61. The first-order valence-corrected chi connectivity index (χ1v) is 9.09. The van der Waals surface area contributed by atoms with Crippen molar-refractivity contribution in [1.29, 1.82) is 0 Å². The number of nitrogens with zero attached hydrogens (tertiary/aromatic N) is 5. The van der Waals surface area contributed by atoms with Crippen LogP contribution in [0.1, 0.15) is 35.1 Å². The largest absolute Gasteiger partial charge is 0.300 e. The SMILES string of the molecule is CCn1cnnc1NC(=O)c1nn(-c2ccc(Cl)cc2Cl)c2c1CCC2. The number of aryl methyl sites for hydroxylation is 1. The molecule has 26 heavy (non-hydrogen) atoms. The fraction of sp³-hybridized carbons (Fsp3) is 0.294. The molecule has 7 nitrogen and oxygen atoms in total. The molecule has 0 unspecified atom stereocenters. The minimum Gasteiger partial charge on any atom is -0.300 e. The van der Waals surface area contributed by atoms with Crippen LogP contribution in [0.2, 0.25) is 10.0 Å². The number of carbonyl (C=O) groups is 1. The average molecular weight is 391 g/mol. The zero-order valence-corrected chi connectivity index (χ0v) is 15.5. The second-order valence-corrected chi connectivity index (χ2v) is 6.87. The van der Waals surface area contributed by atoms with Crippen LogP contribution in [0.5, 0.6) is 0 Å². The van der Waals surface area contributed by atoms with E-state index in [0.717, 1.165) is 30.5 Å². The van der Waals surface area contributed by atoms with Gasteiger partial charge in [0, 0.05) is 22.8 Å². The zero-order chi connectivity index (χ0) is 18.3. The zero-order valence-electron chi connectivity index (χ0n) is 14.0. The molecular weight excluding hydrogens is 375 g/mol. The summed E-state index contributed by atoms with van der Waals surface area (Å²) >= 11 is 12.3. The lowest BCUT2D eigenvalue weighted by Gasteiger charge is -2.08. The number of benzene rings is 1. The Morgan fingerprint density at radius 2 is 2.15 bits per heavy atom. The van der Waals surface area contributed by atoms with Crippen LogP contribution in [-0.2, 0) is 19.4 Å². The molecule has 3 aromatic rings. The number of rotatable bonds is 4. The summed E-state index contributed by atoms with van der Waals surface area (Å²) in [5, 5.41) is 16.2. The van der Waals surface area contributed by atoms with E-state index in [1.54, 1.807) is 27.7 Å². The standard InChI is InChI=1S/C17H16Cl2N6O/c1-2-24-9-20-22-17(24)21-16(26)15-11-4-3-5-13(11)25(23-15)14-7-6-10(18)8-12(14)19/h6-9H,2-5H2,1H3,(H,21,22,26). The molecule has 0 saturated heterocycles.